The van der Waals surface area contributed by atoms with Crippen molar-refractivity contribution in [2.45, 2.75) is 41.5 Å². The molecule has 0 atom stereocenters. The lowest BCUT2D eigenvalue weighted by Gasteiger charge is -2.54. The van der Waals surface area contributed by atoms with Crippen LogP contribution >= 0.6 is 0 Å². The van der Waals surface area contributed by atoms with Crippen LogP contribution in [-0.4, -0.2) is 0 Å². The third kappa shape index (κ3) is 0.574. The Kier molecular flexibility index (Phi) is 1.30. The summed E-state index contributed by atoms with van der Waals surface area (Å²) in [5.41, 5.74) is 4.02. The second-order valence-corrected chi connectivity index (χ2v) is 4.50. The molecule has 0 nitrogen and oxygen atoms in total. The number of allylic oxidation sites excluding steroid dienone is 2. The van der Waals surface area contributed by atoms with Gasteiger partial charge in [0.1, 0.15) is 0 Å². The van der Waals surface area contributed by atoms with E-state index in [0.717, 1.165) is 0 Å². The molecule has 0 fully saturated rings. The minimum atomic E-state index is 0.428. The summed E-state index contributed by atoms with van der Waals surface area (Å²) in [6, 6.07) is 0. The van der Waals surface area contributed by atoms with Crippen LogP contribution in [0, 0.1) is 10.8 Å². The fourth-order valence-electron chi connectivity index (χ4n) is 1.81. The van der Waals surface area contributed by atoms with Gasteiger partial charge < -0.3 is 0 Å². The SMILES string of the molecule is CC1=C(C)C(C)(C)C1(C)C. The second kappa shape index (κ2) is 1.66. The predicted octanol–water partition coefficient (Wildman–Crippen LogP) is 3.39. The normalized spacial score (nSPS) is 28.2. The van der Waals surface area contributed by atoms with Gasteiger partial charge in [0.2, 0.25) is 0 Å². The quantitative estimate of drug-likeness (QED) is 0.450. The van der Waals surface area contributed by atoms with Crippen molar-refractivity contribution in [2.24, 2.45) is 10.8 Å². The molecule has 0 heterocycles. The summed E-state index contributed by atoms with van der Waals surface area (Å²) < 4.78 is 0. The van der Waals surface area contributed by atoms with Crippen molar-refractivity contribution in [3.05, 3.63) is 11.1 Å². The summed E-state index contributed by atoms with van der Waals surface area (Å²) >= 11 is 0. The molecule has 58 valence electrons. The van der Waals surface area contributed by atoms with Gasteiger partial charge in [-0.3, -0.25) is 0 Å². The van der Waals surface area contributed by atoms with Gasteiger partial charge in [-0.15, -0.1) is 0 Å². The van der Waals surface area contributed by atoms with Crippen molar-refractivity contribution in [2.75, 3.05) is 0 Å². The summed E-state index contributed by atoms with van der Waals surface area (Å²) in [7, 11) is 0. The molecule has 0 N–H and O–H groups in total. The summed E-state index contributed by atoms with van der Waals surface area (Å²) in [6.45, 7) is 13.8. The molecule has 0 aromatic rings. The second-order valence-electron chi connectivity index (χ2n) is 4.50. The monoisotopic (exact) mass is 138 g/mol. The van der Waals surface area contributed by atoms with Gasteiger partial charge in [0.25, 0.3) is 0 Å². The molecule has 0 saturated carbocycles. The minimum absolute atomic E-state index is 0.428. The van der Waals surface area contributed by atoms with Gasteiger partial charge >= 0.3 is 0 Å². The van der Waals surface area contributed by atoms with E-state index in [9.17, 15) is 0 Å². The van der Waals surface area contributed by atoms with E-state index in [0.29, 0.717) is 10.8 Å². The highest BCUT2D eigenvalue weighted by Gasteiger charge is 2.48. The highest BCUT2D eigenvalue weighted by atomic mass is 14.5. The van der Waals surface area contributed by atoms with Crippen LogP contribution in [0.2, 0.25) is 0 Å². The first kappa shape index (κ1) is 7.84. The fourth-order valence-corrected chi connectivity index (χ4v) is 1.81. The molecule has 1 aliphatic carbocycles. The van der Waals surface area contributed by atoms with E-state index in [-0.39, 0.29) is 0 Å². The van der Waals surface area contributed by atoms with Gasteiger partial charge in [0, 0.05) is 0 Å². The van der Waals surface area contributed by atoms with Crippen molar-refractivity contribution >= 4 is 0 Å². The Morgan fingerprint density at radius 3 is 1.00 bits per heavy atom. The molecule has 0 unspecified atom stereocenters. The van der Waals surface area contributed by atoms with Crippen LogP contribution in [0.25, 0.3) is 0 Å². The molecule has 0 aromatic heterocycles. The average Bonchev–Trinajstić information content (AvgIpc) is 1.84. The van der Waals surface area contributed by atoms with Crippen LogP contribution in [0.3, 0.4) is 0 Å². The van der Waals surface area contributed by atoms with Gasteiger partial charge in [-0.25, -0.2) is 0 Å². The zero-order valence-electron chi connectivity index (χ0n) is 8.00. The van der Waals surface area contributed by atoms with Crippen LogP contribution in [0.5, 0.6) is 0 Å². The summed E-state index contributed by atoms with van der Waals surface area (Å²) in [5.74, 6) is 0. The minimum Gasteiger partial charge on any atom is -0.0673 e. The van der Waals surface area contributed by atoms with Crippen LogP contribution in [0.4, 0.5) is 0 Å². The van der Waals surface area contributed by atoms with E-state index >= 15 is 0 Å². The molecule has 1 aliphatic rings. The van der Waals surface area contributed by atoms with E-state index in [1.807, 2.05) is 0 Å². The van der Waals surface area contributed by atoms with E-state index in [2.05, 4.69) is 41.5 Å². The average molecular weight is 138 g/mol. The fraction of sp³-hybridized carbons (Fsp3) is 0.800. The van der Waals surface area contributed by atoms with E-state index in [1.54, 1.807) is 11.1 Å². The Morgan fingerprint density at radius 1 is 0.700 bits per heavy atom. The van der Waals surface area contributed by atoms with Crippen LogP contribution in [0.15, 0.2) is 11.1 Å². The molecule has 0 bridgehead atoms. The molecule has 0 aromatic carbocycles. The largest absolute Gasteiger partial charge is 0.0673 e. The first-order chi connectivity index (χ1) is 4.32. The van der Waals surface area contributed by atoms with Crippen molar-refractivity contribution in [1.29, 1.82) is 0 Å². The highest BCUT2D eigenvalue weighted by Crippen LogP contribution is 2.59. The molecular formula is C10H18. The molecule has 0 heteroatoms. The van der Waals surface area contributed by atoms with E-state index in [1.165, 1.54) is 0 Å². The van der Waals surface area contributed by atoms with E-state index in [4.69, 9.17) is 0 Å². The van der Waals surface area contributed by atoms with Crippen LogP contribution in [0.1, 0.15) is 41.5 Å². The molecule has 0 saturated heterocycles. The lowest BCUT2D eigenvalue weighted by atomic mass is 9.50. The Balaban J connectivity index is 3.10. The molecule has 0 amide bonds. The predicted molar refractivity (Wildman–Crippen MR) is 45.9 cm³/mol. The standard InChI is InChI=1S/C10H18/c1-7-8(2)10(5,6)9(7,3)4/h1-6H3. The van der Waals surface area contributed by atoms with Crippen LogP contribution in [-0.2, 0) is 0 Å². The Hall–Kier alpha value is -0.260. The first-order valence-corrected chi connectivity index (χ1v) is 4.00. The molecule has 1 rings (SSSR count). The summed E-state index contributed by atoms with van der Waals surface area (Å²) in [6.07, 6.45) is 0. The van der Waals surface area contributed by atoms with Crippen molar-refractivity contribution in [3.8, 4) is 0 Å². The zero-order valence-corrected chi connectivity index (χ0v) is 8.00. The Labute approximate surface area is 64.3 Å². The zero-order chi connectivity index (χ0) is 8.15. The summed E-state index contributed by atoms with van der Waals surface area (Å²) in [5, 5.41) is 0. The molecule has 0 radical (unpaired) electrons. The third-order valence-electron chi connectivity index (χ3n) is 4.00. The maximum atomic E-state index is 2.33. The lowest BCUT2D eigenvalue weighted by molar-refractivity contribution is 0.142. The van der Waals surface area contributed by atoms with Crippen molar-refractivity contribution in [1.82, 2.24) is 0 Å². The van der Waals surface area contributed by atoms with Gasteiger partial charge in [0.05, 0.1) is 0 Å². The molecule has 0 spiro atoms. The molecule has 0 aliphatic heterocycles. The molecular weight excluding hydrogens is 120 g/mol. The maximum absolute atomic E-state index is 2.33. The number of hydrogen-bond acceptors (Lipinski definition) is 0. The van der Waals surface area contributed by atoms with Crippen molar-refractivity contribution < 1.29 is 0 Å². The third-order valence-corrected chi connectivity index (χ3v) is 4.00. The molecule has 10 heavy (non-hydrogen) atoms. The topological polar surface area (TPSA) is 0 Å². The van der Waals surface area contributed by atoms with E-state index < -0.39 is 0 Å². The Bertz CT molecular complexity index is 170. The Morgan fingerprint density at radius 2 is 0.900 bits per heavy atom. The lowest BCUT2D eigenvalue weighted by Crippen LogP contribution is -2.44. The van der Waals surface area contributed by atoms with Gasteiger partial charge in [-0.1, -0.05) is 38.8 Å². The van der Waals surface area contributed by atoms with Gasteiger partial charge in [-0.2, -0.15) is 0 Å². The van der Waals surface area contributed by atoms with Crippen molar-refractivity contribution in [3.63, 3.8) is 0 Å². The first-order valence-electron chi connectivity index (χ1n) is 4.00. The number of rotatable bonds is 0. The maximum Gasteiger partial charge on any atom is -0.00564 e. The number of hydrogen-bond donors (Lipinski definition) is 0. The van der Waals surface area contributed by atoms with Crippen LogP contribution < -0.4 is 0 Å². The summed E-state index contributed by atoms with van der Waals surface area (Å²) in [4.78, 5) is 0. The van der Waals surface area contributed by atoms with Gasteiger partial charge in [0.15, 0.2) is 0 Å². The highest BCUT2D eigenvalue weighted by molar-refractivity contribution is 5.38. The van der Waals surface area contributed by atoms with Gasteiger partial charge in [-0.05, 0) is 24.7 Å². The smallest absolute Gasteiger partial charge is 0.00564 e.